The average molecular weight is 217 g/mol. The summed E-state index contributed by atoms with van der Waals surface area (Å²) in [5, 5.41) is 0. The number of carbonyl (C=O) groups is 1. The predicted molar refractivity (Wildman–Crippen MR) is 63.3 cm³/mol. The molecule has 1 atom stereocenters. The molecule has 1 aromatic rings. The Balaban J connectivity index is 2.03. The lowest BCUT2D eigenvalue weighted by Crippen LogP contribution is -2.34. The third-order valence-electron chi connectivity index (χ3n) is 3.12. The molecule has 16 heavy (non-hydrogen) atoms. The lowest BCUT2D eigenvalue weighted by atomic mass is 10.2. The van der Waals surface area contributed by atoms with Gasteiger partial charge in [-0.3, -0.25) is 4.79 Å². The first-order valence-corrected chi connectivity index (χ1v) is 5.61. The highest BCUT2D eigenvalue weighted by atomic mass is 16.2. The topological polar surface area (TPSA) is 23.6 Å². The van der Waals surface area contributed by atoms with Crippen LogP contribution in [0.2, 0.25) is 0 Å². The van der Waals surface area contributed by atoms with Gasteiger partial charge in [-0.05, 0) is 32.6 Å². The maximum absolute atomic E-state index is 12.1. The maximum Gasteiger partial charge on any atom is 0.254 e. The zero-order valence-corrected chi connectivity index (χ0v) is 9.81. The van der Waals surface area contributed by atoms with Crippen molar-refractivity contribution in [2.75, 3.05) is 27.2 Å². The Hall–Kier alpha value is -1.35. The molecule has 3 heteroatoms. The summed E-state index contributed by atoms with van der Waals surface area (Å²) in [4.78, 5) is 16.2. The van der Waals surface area contributed by atoms with Gasteiger partial charge in [-0.25, -0.2) is 0 Å². The minimum Gasteiger partial charge on any atom is -0.337 e. The molecule has 0 spiro atoms. The third kappa shape index (κ3) is 2.25. The van der Waals surface area contributed by atoms with Gasteiger partial charge in [0.15, 0.2) is 0 Å². The quantitative estimate of drug-likeness (QED) is 0.744. The molecule has 0 N–H and O–H groups in total. The number of likely N-dealkylation sites (N-methyl/N-ethyl adjacent to an activating group) is 1. The molecule has 0 saturated carbocycles. The van der Waals surface area contributed by atoms with Gasteiger partial charge in [-0.15, -0.1) is 0 Å². The summed E-state index contributed by atoms with van der Waals surface area (Å²) in [6, 6.07) is 10.8. The van der Waals surface area contributed by atoms with Crippen LogP contribution >= 0.6 is 0 Å². The van der Waals surface area contributed by atoms with E-state index in [-0.39, 0.29) is 5.91 Å². The van der Waals surface area contributed by atoms with Crippen molar-refractivity contribution in [3.05, 3.63) is 35.9 Å². The molecule has 1 radical (unpaired) electrons. The summed E-state index contributed by atoms with van der Waals surface area (Å²) < 4.78 is 0. The van der Waals surface area contributed by atoms with Crippen LogP contribution in [-0.2, 0) is 0 Å². The van der Waals surface area contributed by atoms with E-state index in [0.717, 1.165) is 19.5 Å². The molecular weight excluding hydrogens is 200 g/mol. The zero-order chi connectivity index (χ0) is 11.5. The second-order valence-electron chi connectivity index (χ2n) is 4.43. The molecule has 1 unspecified atom stereocenters. The van der Waals surface area contributed by atoms with Crippen LogP contribution in [0.3, 0.4) is 0 Å². The first-order valence-electron chi connectivity index (χ1n) is 5.61. The molecule has 3 nitrogen and oxygen atoms in total. The summed E-state index contributed by atoms with van der Waals surface area (Å²) >= 11 is 0. The van der Waals surface area contributed by atoms with Crippen molar-refractivity contribution in [2.45, 2.75) is 12.5 Å². The van der Waals surface area contributed by atoms with Crippen molar-refractivity contribution in [2.24, 2.45) is 0 Å². The van der Waals surface area contributed by atoms with Gasteiger partial charge in [-0.1, -0.05) is 18.2 Å². The number of amides is 1. The summed E-state index contributed by atoms with van der Waals surface area (Å²) in [6.45, 7) is 1.68. The molecule has 1 aromatic carbocycles. The zero-order valence-electron chi connectivity index (χ0n) is 9.81. The third-order valence-corrected chi connectivity index (χ3v) is 3.12. The predicted octanol–water partition coefficient (Wildman–Crippen LogP) is 1.26. The first-order chi connectivity index (χ1) is 7.68. The van der Waals surface area contributed by atoms with Crippen LogP contribution in [0.25, 0.3) is 0 Å². The van der Waals surface area contributed by atoms with E-state index in [4.69, 9.17) is 0 Å². The molecular formula is C13H17N2O. The SMILES string of the molecule is CN(C)C1CCN(C(=O)c2[c]cccc2)C1. The van der Waals surface area contributed by atoms with Crippen LogP contribution in [0, 0.1) is 6.07 Å². The standard InChI is InChI=1S/C13H17N2O/c1-14(2)12-8-9-15(10-12)13(16)11-6-4-3-5-7-11/h3-6,12H,8-10H2,1-2H3. The summed E-state index contributed by atoms with van der Waals surface area (Å²) in [7, 11) is 4.13. The van der Waals surface area contributed by atoms with E-state index < -0.39 is 0 Å². The van der Waals surface area contributed by atoms with E-state index in [1.54, 1.807) is 6.07 Å². The highest BCUT2D eigenvalue weighted by Crippen LogP contribution is 2.15. The van der Waals surface area contributed by atoms with Gasteiger partial charge in [0.25, 0.3) is 5.91 Å². The average Bonchev–Trinajstić information content (AvgIpc) is 2.78. The lowest BCUT2D eigenvalue weighted by Gasteiger charge is -2.20. The molecule has 1 aliphatic heterocycles. The van der Waals surface area contributed by atoms with E-state index >= 15 is 0 Å². The second-order valence-corrected chi connectivity index (χ2v) is 4.43. The van der Waals surface area contributed by atoms with Crippen LogP contribution in [0.15, 0.2) is 24.3 Å². The Morgan fingerprint density at radius 3 is 2.88 bits per heavy atom. The van der Waals surface area contributed by atoms with Crippen molar-refractivity contribution < 1.29 is 4.79 Å². The summed E-state index contributed by atoms with van der Waals surface area (Å²) in [5.41, 5.74) is 0.668. The monoisotopic (exact) mass is 217 g/mol. The fourth-order valence-corrected chi connectivity index (χ4v) is 2.04. The number of rotatable bonds is 2. The maximum atomic E-state index is 12.1. The number of hydrogen-bond donors (Lipinski definition) is 0. The number of likely N-dealkylation sites (tertiary alicyclic amines) is 1. The first kappa shape index (κ1) is 11.1. The van der Waals surface area contributed by atoms with Gasteiger partial charge in [0.1, 0.15) is 0 Å². The van der Waals surface area contributed by atoms with Crippen molar-refractivity contribution in [3.63, 3.8) is 0 Å². The highest BCUT2D eigenvalue weighted by Gasteiger charge is 2.27. The van der Waals surface area contributed by atoms with E-state index in [1.165, 1.54) is 0 Å². The molecule has 0 aromatic heterocycles. The molecule has 1 amide bonds. The van der Waals surface area contributed by atoms with Gasteiger partial charge in [0.05, 0.1) is 0 Å². The molecule has 0 aliphatic carbocycles. The van der Waals surface area contributed by atoms with Gasteiger partial charge in [-0.2, -0.15) is 0 Å². The molecule has 1 aliphatic rings. The Morgan fingerprint density at radius 2 is 2.31 bits per heavy atom. The molecule has 1 heterocycles. The normalized spacial score (nSPS) is 20.4. The largest absolute Gasteiger partial charge is 0.337 e. The Bertz CT molecular complexity index is 361. The van der Waals surface area contributed by atoms with E-state index in [2.05, 4.69) is 25.1 Å². The molecule has 2 rings (SSSR count). The molecule has 1 saturated heterocycles. The van der Waals surface area contributed by atoms with Crippen LogP contribution in [0.5, 0.6) is 0 Å². The smallest absolute Gasteiger partial charge is 0.254 e. The minimum atomic E-state index is 0.102. The van der Waals surface area contributed by atoms with Crippen LogP contribution < -0.4 is 0 Å². The van der Waals surface area contributed by atoms with E-state index in [0.29, 0.717) is 11.6 Å². The second kappa shape index (κ2) is 4.66. The fourth-order valence-electron chi connectivity index (χ4n) is 2.04. The number of hydrogen-bond acceptors (Lipinski definition) is 2. The summed E-state index contributed by atoms with van der Waals surface area (Å²) in [5.74, 6) is 0.102. The van der Waals surface area contributed by atoms with Gasteiger partial charge in [0.2, 0.25) is 0 Å². The number of benzene rings is 1. The van der Waals surface area contributed by atoms with Crippen molar-refractivity contribution in [1.82, 2.24) is 9.80 Å². The lowest BCUT2D eigenvalue weighted by molar-refractivity contribution is 0.0783. The van der Waals surface area contributed by atoms with E-state index in [1.807, 2.05) is 23.1 Å². The molecule has 85 valence electrons. The minimum absolute atomic E-state index is 0.102. The van der Waals surface area contributed by atoms with E-state index in [9.17, 15) is 4.79 Å². The van der Waals surface area contributed by atoms with Gasteiger partial charge in [0, 0.05) is 24.7 Å². The highest BCUT2D eigenvalue weighted by molar-refractivity contribution is 5.94. The van der Waals surface area contributed by atoms with Crippen molar-refractivity contribution in [1.29, 1.82) is 0 Å². The van der Waals surface area contributed by atoms with Crippen LogP contribution in [-0.4, -0.2) is 48.9 Å². The Kier molecular flexibility index (Phi) is 3.25. The Labute approximate surface area is 96.7 Å². The van der Waals surface area contributed by atoms with Crippen molar-refractivity contribution >= 4 is 5.91 Å². The van der Waals surface area contributed by atoms with Gasteiger partial charge >= 0.3 is 0 Å². The molecule has 1 fully saturated rings. The van der Waals surface area contributed by atoms with Crippen LogP contribution in [0.4, 0.5) is 0 Å². The number of carbonyl (C=O) groups excluding carboxylic acids is 1. The van der Waals surface area contributed by atoms with Crippen molar-refractivity contribution in [3.8, 4) is 0 Å². The molecule has 0 bridgehead atoms. The van der Waals surface area contributed by atoms with Gasteiger partial charge < -0.3 is 9.80 Å². The number of nitrogens with zero attached hydrogens (tertiary/aromatic N) is 2. The Morgan fingerprint density at radius 1 is 1.50 bits per heavy atom. The van der Waals surface area contributed by atoms with Crippen LogP contribution in [0.1, 0.15) is 16.8 Å². The fraction of sp³-hybridized carbons (Fsp3) is 0.462. The summed E-state index contributed by atoms with van der Waals surface area (Å²) in [6.07, 6.45) is 1.06.